The molecule has 0 saturated carbocycles. The first kappa shape index (κ1) is 47.0. The minimum absolute atomic E-state index is 1.25. The summed E-state index contributed by atoms with van der Waals surface area (Å²) in [5.74, 6) is 0. The van der Waals surface area contributed by atoms with Gasteiger partial charge in [0.15, 0.2) is 0 Å². The quantitative estimate of drug-likeness (QED) is 0.0641. The molecular weight excluding hydrogens is 567 g/mol. The Hall–Kier alpha value is -0.0400. The predicted octanol–water partition coefficient (Wildman–Crippen LogP) is 17.0. The Morgan fingerprint density at radius 2 is 0.298 bits per heavy atom. The molecule has 1 nitrogen and oxygen atoms in total. The molecule has 0 radical (unpaired) electrons. The molecule has 0 aliphatic rings. The molecule has 0 saturated heterocycles. The standard InChI is InChI=1S/C46H95N/c1-3-5-7-9-11-13-15-17-19-21-23-25-27-29-31-33-35-37-39-41-43-45-47-46-44-42-40-38-36-34-32-30-28-26-24-22-20-18-16-14-12-10-8-6-4-2/h47H,3-46H2,1-2H3. The molecule has 284 valence electrons. The lowest BCUT2D eigenvalue weighted by Crippen LogP contribution is -2.16. The van der Waals surface area contributed by atoms with Crippen molar-refractivity contribution in [3.8, 4) is 0 Å². The van der Waals surface area contributed by atoms with Crippen LogP contribution < -0.4 is 5.32 Å². The maximum atomic E-state index is 3.71. The van der Waals surface area contributed by atoms with E-state index in [9.17, 15) is 0 Å². The fraction of sp³-hybridized carbons (Fsp3) is 1.00. The number of unbranched alkanes of at least 4 members (excludes halogenated alkanes) is 40. The zero-order chi connectivity index (χ0) is 33.8. The third kappa shape index (κ3) is 46.0. The van der Waals surface area contributed by atoms with E-state index in [1.165, 1.54) is 283 Å². The van der Waals surface area contributed by atoms with E-state index in [2.05, 4.69) is 19.2 Å². The summed E-state index contributed by atoms with van der Waals surface area (Å²) in [6.07, 6.45) is 61.7. The van der Waals surface area contributed by atoms with Crippen molar-refractivity contribution in [3.05, 3.63) is 0 Å². The van der Waals surface area contributed by atoms with Gasteiger partial charge in [0.05, 0.1) is 0 Å². The van der Waals surface area contributed by atoms with Crippen molar-refractivity contribution in [2.75, 3.05) is 13.1 Å². The van der Waals surface area contributed by atoms with Crippen LogP contribution in [0.25, 0.3) is 0 Å². The molecule has 0 aromatic rings. The van der Waals surface area contributed by atoms with E-state index in [1.54, 1.807) is 0 Å². The topological polar surface area (TPSA) is 12.0 Å². The molecule has 0 atom stereocenters. The van der Waals surface area contributed by atoms with E-state index in [4.69, 9.17) is 0 Å². The maximum Gasteiger partial charge on any atom is -0.00489 e. The zero-order valence-corrected chi connectivity index (χ0v) is 33.6. The van der Waals surface area contributed by atoms with Crippen molar-refractivity contribution in [2.45, 2.75) is 284 Å². The molecule has 0 bridgehead atoms. The Kier molecular flexibility index (Phi) is 45.9. The van der Waals surface area contributed by atoms with Gasteiger partial charge in [-0.2, -0.15) is 0 Å². The molecule has 0 aromatic heterocycles. The number of hydrogen-bond acceptors (Lipinski definition) is 1. The number of hydrogen-bond donors (Lipinski definition) is 1. The van der Waals surface area contributed by atoms with Crippen molar-refractivity contribution in [3.63, 3.8) is 0 Å². The Balaban J connectivity index is 3.03. The molecule has 0 fully saturated rings. The molecule has 47 heavy (non-hydrogen) atoms. The van der Waals surface area contributed by atoms with Gasteiger partial charge in [-0.15, -0.1) is 0 Å². The van der Waals surface area contributed by atoms with Crippen molar-refractivity contribution >= 4 is 0 Å². The fourth-order valence-corrected chi connectivity index (χ4v) is 7.49. The van der Waals surface area contributed by atoms with Crippen LogP contribution in [-0.4, -0.2) is 13.1 Å². The van der Waals surface area contributed by atoms with E-state index in [0.29, 0.717) is 0 Å². The average molecular weight is 662 g/mol. The largest absolute Gasteiger partial charge is 0.317 e. The predicted molar refractivity (Wildman–Crippen MR) is 218 cm³/mol. The van der Waals surface area contributed by atoms with Gasteiger partial charge in [0.2, 0.25) is 0 Å². The van der Waals surface area contributed by atoms with Gasteiger partial charge in [0.1, 0.15) is 0 Å². The molecule has 0 unspecified atom stereocenters. The van der Waals surface area contributed by atoms with Crippen LogP contribution in [0.2, 0.25) is 0 Å². The third-order valence-corrected chi connectivity index (χ3v) is 10.9. The highest BCUT2D eigenvalue weighted by molar-refractivity contribution is 4.55. The lowest BCUT2D eigenvalue weighted by Gasteiger charge is -2.06. The molecule has 0 aliphatic carbocycles. The van der Waals surface area contributed by atoms with E-state index in [0.717, 1.165) is 0 Å². The lowest BCUT2D eigenvalue weighted by atomic mass is 10.0. The smallest absolute Gasteiger partial charge is 0.00489 e. The van der Waals surface area contributed by atoms with Gasteiger partial charge in [-0.3, -0.25) is 0 Å². The number of rotatable bonds is 44. The monoisotopic (exact) mass is 662 g/mol. The summed E-state index contributed by atoms with van der Waals surface area (Å²) >= 11 is 0. The van der Waals surface area contributed by atoms with Crippen molar-refractivity contribution in [1.29, 1.82) is 0 Å². The van der Waals surface area contributed by atoms with Crippen molar-refractivity contribution in [2.24, 2.45) is 0 Å². The fourth-order valence-electron chi connectivity index (χ4n) is 7.49. The minimum Gasteiger partial charge on any atom is -0.317 e. The van der Waals surface area contributed by atoms with Gasteiger partial charge in [0, 0.05) is 0 Å². The maximum absolute atomic E-state index is 3.71. The van der Waals surface area contributed by atoms with Gasteiger partial charge >= 0.3 is 0 Å². The van der Waals surface area contributed by atoms with Gasteiger partial charge in [-0.25, -0.2) is 0 Å². The van der Waals surface area contributed by atoms with Crippen molar-refractivity contribution in [1.82, 2.24) is 5.32 Å². The molecule has 0 spiro atoms. The third-order valence-electron chi connectivity index (χ3n) is 10.9. The van der Waals surface area contributed by atoms with Crippen LogP contribution in [0, 0.1) is 0 Å². The minimum atomic E-state index is 1.25. The Morgan fingerprint density at radius 1 is 0.170 bits per heavy atom. The van der Waals surface area contributed by atoms with Crippen LogP contribution in [0.1, 0.15) is 284 Å². The Labute approximate surface area is 301 Å². The molecule has 0 aliphatic heterocycles. The Morgan fingerprint density at radius 3 is 0.447 bits per heavy atom. The highest BCUT2D eigenvalue weighted by Crippen LogP contribution is 2.17. The van der Waals surface area contributed by atoms with Crippen LogP contribution in [0.4, 0.5) is 0 Å². The average Bonchev–Trinajstić information content (AvgIpc) is 3.08. The van der Waals surface area contributed by atoms with Crippen molar-refractivity contribution < 1.29 is 0 Å². The van der Waals surface area contributed by atoms with E-state index in [1.807, 2.05) is 0 Å². The second-order valence-corrected chi connectivity index (χ2v) is 15.9. The summed E-state index contributed by atoms with van der Waals surface area (Å²) in [6, 6.07) is 0. The normalized spacial score (nSPS) is 11.6. The molecular formula is C46H95N. The van der Waals surface area contributed by atoms with Crippen LogP contribution in [-0.2, 0) is 0 Å². The summed E-state index contributed by atoms with van der Waals surface area (Å²) in [7, 11) is 0. The van der Waals surface area contributed by atoms with Gasteiger partial charge in [0.25, 0.3) is 0 Å². The first-order valence-corrected chi connectivity index (χ1v) is 23.1. The van der Waals surface area contributed by atoms with Crippen LogP contribution in [0.15, 0.2) is 0 Å². The highest BCUT2D eigenvalue weighted by atomic mass is 14.8. The molecule has 0 aromatic carbocycles. The van der Waals surface area contributed by atoms with E-state index in [-0.39, 0.29) is 0 Å². The lowest BCUT2D eigenvalue weighted by molar-refractivity contribution is 0.512. The second-order valence-electron chi connectivity index (χ2n) is 15.9. The summed E-state index contributed by atoms with van der Waals surface area (Å²) in [5.41, 5.74) is 0. The van der Waals surface area contributed by atoms with Gasteiger partial charge in [-0.1, -0.05) is 271 Å². The molecule has 0 amide bonds. The Bertz CT molecular complexity index is 457. The van der Waals surface area contributed by atoms with E-state index < -0.39 is 0 Å². The molecule has 0 rings (SSSR count). The summed E-state index contributed by atoms with van der Waals surface area (Å²) in [4.78, 5) is 0. The molecule has 0 heterocycles. The summed E-state index contributed by atoms with van der Waals surface area (Å²) in [5, 5.41) is 3.71. The van der Waals surface area contributed by atoms with Gasteiger partial charge in [-0.05, 0) is 25.9 Å². The van der Waals surface area contributed by atoms with E-state index >= 15 is 0 Å². The summed E-state index contributed by atoms with van der Waals surface area (Å²) in [6.45, 7) is 7.12. The van der Waals surface area contributed by atoms with Crippen LogP contribution in [0.5, 0.6) is 0 Å². The summed E-state index contributed by atoms with van der Waals surface area (Å²) < 4.78 is 0. The van der Waals surface area contributed by atoms with Crippen LogP contribution in [0.3, 0.4) is 0 Å². The zero-order valence-electron chi connectivity index (χ0n) is 33.6. The number of nitrogens with one attached hydrogen (secondary N) is 1. The van der Waals surface area contributed by atoms with Gasteiger partial charge < -0.3 is 5.32 Å². The first-order chi connectivity index (χ1) is 23.4. The van der Waals surface area contributed by atoms with Crippen LogP contribution >= 0.6 is 0 Å². The SMILES string of the molecule is CCCCCCCCCCCCCCCCCCCCCCCNCCCCCCCCCCCCCCCCCCCCCCC. The second kappa shape index (κ2) is 46.0. The first-order valence-electron chi connectivity index (χ1n) is 23.1. The highest BCUT2D eigenvalue weighted by Gasteiger charge is 1.98. The molecule has 1 N–H and O–H groups in total. The molecule has 1 heteroatoms.